The molecule has 0 rings (SSSR count). The number of nitrogens with one attached hydrogen (secondary N) is 1. The van der Waals surface area contributed by atoms with Crippen LogP contribution in [0.25, 0.3) is 0 Å². The van der Waals surface area contributed by atoms with E-state index >= 15 is 0 Å². The molecule has 0 unspecified atom stereocenters. The Labute approximate surface area is 148 Å². The zero-order valence-corrected chi connectivity index (χ0v) is 13.8. The quantitative estimate of drug-likeness (QED) is 0.274. The van der Waals surface area contributed by atoms with Crippen LogP contribution in [-0.2, 0) is 19.1 Å². The summed E-state index contributed by atoms with van der Waals surface area (Å²) in [6.07, 6.45) is 0.663. The number of hydrogen-bond donors (Lipinski definition) is 2. The number of rotatable bonds is 7. The number of hydrogen-bond acceptors (Lipinski definition) is 6. The van der Waals surface area contributed by atoms with Gasteiger partial charge >= 0.3 is 57.4 Å². The monoisotopic (exact) mass is 282 g/mol. The number of ether oxygens (including phenoxy) is 1. The number of carboxylic acids is 1. The molecule has 0 radical (unpaired) electrons. The second-order valence-corrected chi connectivity index (χ2v) is 3.27. The second-order valence-electron chi connectivity index (χ2n) is 3.27. The summed E-state index contributed by atoms with van der Waals surface area (Å²) in [5.74, 6) is -2.86. The molecule has 0 saturated carbocycles. The van der Waals surface area contributed by atoms with Gasteiger partial charge < -0.3 is 25.7 Å². The number of carbonyl (C=O) groups is 3. The molecular weight excluding hydrogens is 267 g/mol. The maximum atomic E-state index is 11.0. The molecular formula is C10H15KN2O5. The molecule has 3 N–H and O–H groups in total. The van der Waals surface area contributed by atoms with Gasteiger partial charge in [0.1, 0.15) is 0 Å². The van der Waals surface area contributed by atoms with E-state index in [1.807, 2.05) is 0 Å². The van der Waals surface area contributed by atoms with Crippen LogP contribution in [0.15, 0.2) is 11.8 Å². The summed E-state index contributed by atoms with van der Waals surface area (Å²) in [4.78, 5) is 32.3. The predicted octanol–water partition coefficient (Wildman–Crippen LogP) is -4.96. The number of primary amides is 1. The van der Waals surface area contributed by atoms with Gasteiger partial charge in [-0.25, -0.2) is 4.79 Å². The molecule has 0 aromatic carbocycles. The van der Waals surface area contributed by atoms with Crippen LogP contribution in [0.5, 0.6) is 0 Å². The van der Waals surface area contributed by atoms with Crippen molar-refractivity contribution in [1.29, 1.82) is 0 Å². The third-order valence-electron chi connectivity index (χ3n) is 1.71. The van der Waals surface area contributed by atoms with Crippen molar-refractivity contribution in [2.45, 2.75) is 26.3 Å². The molecule has 0 aliphatic heterocycles. The van der Waals surface area contributed by atoms with Gasteiger partial charge in [-0.05, 0) is 13.8 Å². The van der Waals surface area contributed by atoms with Crippen molar-refractivity contribution in [1.82, 2.24) is 5.32 Å². The van der Waals surface area contributed by atoms with E-state index in [-0.39, 0.29) is 63.7 Å². The first-order valence-corrected chi connectivity index (χ1v) is 4.97. The Balaban J connectivity index is 0. The zero-order valence-electron chi connectivity index (χ0n) is 10.7. The summed E-state index contributed by atoms with van der Waals surface area (Å²) in [5.41, 5.74) is 5.12. The van der Waals surface area contributed by atoms with Crippen LogP contribution in [0, 0.1) is 0 Å². The molecule has 8 heteroatoms. The molecule has 0 bridgehead atoms. The van der Waals surface area contributed by atoms with Gasteiger partial charge in [-0.15, -0.1) is 0 Å². The van der Waals surface area contributed by atoms with E-state index in [1.54, 1.807) is 6.92 Å². The number of carbonyl (C=O) groups excluding carboxylic acids is 3. The third-order valence-corrected chi connectivity index (χ3v) is 1.71. The van der Waals surface area contributed by atoms with Crippen LogP contribution < -0.4 is 67.5 Å². The predicted molar refractivity (Wildman–Crippen MR) is 56.1 cm³/mol. The Kier molecular flexibility index (Phi) is 11.6. The van der Waals surface area contributed by atoms with Crippen LogP contribution in [0.4, 0.5) is 0 Å². The largest absolute Gasteiger partial charge is 1.00 e. The van der Waals surface area contributed by atoms with Crippen molar-refractivity contribution in [3.8, 4) is 0 Å². The van der Waals surface area contributed by atoms with Gasteiger partial charge in [-0.2, -0.15) is 0 Å². The SMILES string of the molecule is CCOC(=O)/C=C(\C)N[C@@H](CC(N)=O)C(=O)[O-].[K+]. The molecule has 0 spiro atoms. The second kappa shape index (κ2) is 10.5. The molecule has 0 aromatic heterocycles. The smallest absolute Gasteiger partial charge is 0.548 e. The van der Waals surface area contributed by atoms with Gasteiger partial charge in [0.05, 0.1) is 25.0 Å². The minimum Gasteiger partial charge on any atom is -0.548 e. The van der Waals surface area contributed by atoms with Crippen molar-refractivity contribution >= 4 is 17.8 Å². The van der Waals surface area contributed by atoms with E-state index < -0.39 is 30.3 Å². The van der Waals surface area contributed by atoms with Crippen molar-refractivity contribution in [2.24, 2.45) is 5.73 Å². The Morgan fingerprint density at radius 3 is 2.39 bits per heavy atom. The van der Waals surface area contributed by atoms with E-state index in [1.165, 1.54) is 6.92 Å². The fraction of sp³-hybridized carbons (Fsp3) is 0.500. The first-order chi connectivity index (χ1) is 7.86. The average Bonchev–Trinajstić information content (AvgIpc) is 2.15. The Bertz CT molecular complexity index is 343. The van der Waals surface area contributed by atoms with Gasteiger partial charge in [0.2, 0.25) is 5.91 Å². The van der Waals surface area contributed by atoms with Crippen LogP contribution in [0.1, 0.15) is 20.3 Å². The number of esters is 1. The summed E-state index contributed by atoms with van der Waals surface area (Å²) < 4.78 is 4.63. The summed E-state index contributed by atoms with van der Waals surface area (Å²) in [6, 6.07) is -1.27. The van der Waals surface area contributed by atoms with E-state index in [2.05, 4.69) is 10.1 Å². The molecule has 7 nitrogen and oxygen atoms in total. The Morgan fingerprint density at radius 1 is 1.44 bits per heavy atom. The van der Waals surface area contributed by atoms with Gasteiger partial charge in [0, 0.05) is 11.8 Å². The summed E-state index contributed by atoms with van der Waals surface area (Å²) >= 11 is 0. The first-order valence-electron chi connectivity index (χ1n) is 4.97. The number of carboxylic acid groups (broad SMARTS) is 1. The Hall–Kier alpha value is -0.414. The minimum atomic E-state index is -1.47. The maximum Gasteiger partial charge on any atom is 1.00 e. The van der Waals surface area contributed by atoms with Crippen molar-refractivity contribution in [3.63, 3.8) is 0 Å². The Morgan fingerprint density at radius 2 is 2.00 bits per heavy atom. The minimum absolute atomic E-state index is 0. The third kappa shape index (κ3) is 9.60. The van der Waals surface area contributed by atoms with Crippen molar-refractivity contribution in [3.05, 3.63) is 11.8 Å². The number of aliphatic carboxylic acids is 1. The normalized spacial score (nSPS) is 12.0. The summed E-state index contributed by atoms with van der Waals surface area (Å²) in [5, 5.41) is 13.1. The molecule has 0 saturated heterocycles. The van der Waals surface area contributed by atoms with Crippen molar-refractivity contribution in [2.75, 3.05) is 6.61 Å². The molecule has 18 heavy (non-hydrogen) atoms. The molecule has 96 valence electrons. The first kappa shape index (κ1) is 19.9. The summed E-state index contributed by atoms with van der Waals surface area (Å²) in [6.45, 7) is 3.33. The zero-order chi connectivity index (χ0) is 13.4. The van der Waals surface area contributed by atoms with Gasteiger partial charge in [-0.3, -0.25) is 4.79 Å². The van der Waals surface area contributed by atoms with Gasteiger partial charge in [0.15, 0.2) is 0 Å². The molecule has 0 aromatic rings. The fourth-order valence-corrected chi connectivity index (χ4v) is 1.07. The van der Waals surface area contributed by atoms with Gasteiger partial charge in [-0.1, -0.05) is 0 Å². The molecule has 0 heterocycles. The maximum absolute atomic E-state index is 11.0. The molecule has 0 aliphatic carbocycles. The van der Waals surface area contributed by atoms with Crippen LogP contribution >= 0.6 is 0 Å². The molecule has 1 amide bonds. The average molecular weight is 282 g/mol. The fourth-order valence-electron chi connectivity index (χ4n) is 1.07. The van der Waals surface area contributed by atoms with Crippen molar-refractivity contribution < 1.29 is 75.6 Å². The van der Waals surface area contributed by atoms with Crippen LogP contribution in [0.2, 0.25) is 0 Å². The standard InChI is InChI=1S/C10H16N2O5.K/c1-3-17-9(14)4-6(2)12-7(10(15)16)5-8(11)13;/h4,7,12H,3,5H2,1-2H3,(H2,11,13)(H,15,16);/q;+1/p-1/b6-4+;/t7-;/m0./s1. The molecule has 0 aliphatic rings. The molecule has 0 fully saturated rings. The number of allylic oxidation sites excluding steroid dienone is 1. The molecule has 1 atom stereocenters. The number of nitrogens with two attached hydrogens (primary N) is 1. The van der Waals surface area contributed by atoms with Gasteiger partial charge in [0.25, 0.3) is 0 Å². The van der Waals surface area contributed by atoms with E-state index in [0.717, 1.165) is 6.08 Å². The van der Waals surface area contributed by atoms with E-state index in [0.29, 0.717) is 0 Å². The van der Waals surface area contributed by atoms with E-state index in [4.69, 9.17) is 5.73 Å². The topological polar surface area (TPSA) is 122 Å². The summed E-state index contributed by atoms with van der Waals surface area (Å²) in [7, 11) is 0. The number of amides is 1. The van der Waals surface area contributed by atoms with Crippen LogP contribution in [-0.4, -0.2) is 30.5 Å². The van der Waals surface area contributed by atoms with Crippen LogP contribution in [0.3, 0.4) is 0 Å². The van der Waals surface area contributed by atoms with E-state index in [9.17, 15) is 19.5 Å².